The molecule has 0 unspecified atom stereocenters. The van der Waals surface area contributed by atoms with Gasteiger partial charge in [0, 0.05) is 18.7 Å². The molecule has 0 amide bonds. The van der Waals surface area contributed by atoms with Crippen LogP contribution in [0.15, 0.2) is 4.42 Å². The highest BCUT2D eigenvalue weighted by molar-refractivity contribution is 6.17. The number of rotatable bonds is 7. The molecular weight excluding hydrogens is 200 g/mol. The molecule has 80 valence electrons. The molecule has 0 fully saturated rings. The van der Waals surface area contributed by atoms with Crippen molar-refractivity contribution < 1.29 is 4.42 Å². The third-order valence-electron chi connectivity index (χ3n) is 2.03. The molecule has 0 bridgehead atoms. The zero-order valence-corrected chi connectivity index (χ0v) is 9.39. The minimum absolute atomic E-state index is 0.646. The van der Waals surface area contributed by atoms with Crippen LogP contribution in [0.3, 0.4) is 0 Å². The molecule has 1 aromatic heterocycles. The summed E-state index contributed by atoms with van der Waals surface area (Å²) in [6.07, 6.45) is 6.17. The molecule has 4 heteroatoms. The van der Waals surface area contributed by atoms with Crippen molar-refractivity contribution in [1.82, 2.24) is 10.2 Å². The van der Waals surface area contributed by atoms with Gasteiger partial charge in [0.25, 0.3) is 0 Å². The highest BCUT2D eigenvalue weighted by Gasteiger charge is 2.04. The van der Waals surface area contributed by atoms with E-state index in [1.54, 1.807) is 0 Å². The van der Waals surface area contributed by atoms with Gasteiger partial charge in [0.1, 0.15) is 0 Å². The van der Waals surface area contributed by atoms with Crippen LogP contribution in [0.25, 0.3) is 0 Å². The third-order valence-corrected chi connectivity index (χ3v) is 2.29. The van der Waals surface area contributed by atoms with Gasteiger partial charge in [0.05, 0.1) is 0 Å². The van der Waals surface area contributed by atoms with E-state index in [9.17, 15) is 0 Å². The van der Waals surface area contributed by atoms with Crippen molar-refractivity contribution in [1.29, 1.82) is 0 Å². The van der Waals surface area contributed by atoms with E-state index in [-0.39, 0.29) is 0 Å². The lowest BCUT2D eigenvalue weighted by Gasteiger charge is -1.92. The van der Waals surface area contributed by atoms with Gasteiger partial charge in [-0.15, -0.1) is 21.8 Å². The van der Waals surface area contributed by atoms with E-state index < -0.39 is 0 Å². The Morgan fingerprint density at radius 3 is 2.29 bits per heavy atom. The summed E-state index contributed by atoms with van der Waals surface area (Å²) in [5.41, 5.74) is 0. The van der Waals surface area contributed by atoms with Crippen molar-refractivity contribution in [2.75, 3.05) is 5.88 Å². The first-order chi connectivity index (χ1) is 6.86. The van der Waals surface area contributed by atoms with Crippen molar-refractivity contribution >= 4 is 11.6 Å². The zero-order valence-electron chi connectivity index (χ0n) is 8.63. The van der Waals surface area contributed by atoms with E-state index >= 15 is 0 Å². The second-order valence-corrected chi connectivity index (χ2v) is 3.72. The monoisotopic (exact) mass is 216 g/mol. The molecule has 0 spiro atoms. The van der Waals surface area contributed by atoms with Crippen molar-refractivity contribution in [2.24, 2.45) is 0 Å². The van der Waals surface area contributed by atoms with Gasteiger partial charge in [-0.25, -0.2) is 0 Å². The van der Waals surface area contributed by atoms with Crippen molar-refractivity contribution in [2.45, 2.75) is 45.4 Å². The SMILES string of the molecule is CCCCCc1nnc(CCCCl)o1. The van der Waals surface area contributed by atoms with Gasteiger partial charge in [0.2, 0.25) is 11.8 Å². The Bertz CT molecular complexity index is 250. The highest BCUT2D eigenvalue weighted by Crippen LogP contribution is 2.07. The van der Waals surface area contributed by atoms with E-state index in [2.05, 4.69) is 17.1 Å². The summed E-state index contributed by atoms with van der Waals surface area (Å²) in [6, 6.07) is 0. The topological polar surface area (TPSA) is 38.9 Å². The number of alkyl halides is 1. The maximum atomic E-state index is 5.57. The molecule has 1 aromatic rings. The van der Waals surface area contributed by atoms with Gasteiger partial charge in [-0.05, 0) is 12.8 Å². The first kappa shape index (κ1) is 11.5. The van der Waals surface area contributed by atoms with Crippen LogP contribution in [0.5, 0.6) is 0 Å². The Kier molecular flexibility index (Phi) is 5.60. The molecule has 3 nitrogen and oxygen atoms in total. The van der Waals surface area contributed by atoms with Gasteiger partial charge in [-0.2, -0.15) is 0 Å². The van der Waals surface area contributed by atoms with Crippen LogP contribution < -0.4 is 0 Å². The fraction of sp³-hybridized carbons (Fsp3) is 0.800. The summed E-state index contributed by atoms with van der Waals surface area (Å²) in [7, 11) is 0. The second kappa shape index (κ2) is 6.82. The quantitative estimate of drug-likeness (QED) is 0.520. The first-order valence-corrected chi connectivity index (χ1v) is 5.77. The van der Waals surface area contributed by atoms with E-state index in [0.717, 1.165) is 37.5 Å². The Morgan fingerprint density at radius 2 is 1.71 bits per heavy atom. The molecule has 0 saturated heterocycles. The van der Waals surface area contributed by atoms with E-state index in [0.29, 0.717) is 5.88 Å². The summed E-state index contributed by atoms with van der Waals surface area (Å²) >= 11 is 5.57. The fourth-order valence-electron chi connectivity index (χ4n) is 1.23. The normalized spacial score (nSPS) is 10.7. The number of halogens is 1. The summed E-state index contributed by atoms with van der Waals surface area (Å²) < 4.78 is 5.45. The van der Waals surface area contributed by atoms with Crippen molar-refractivity contribution in [3.8, 4) is 0 Å². The molecule has 0 aliphatic heterocycles. The van der Waals surface area contributed by atoms with E-state index in [4.69, 9.17) is 16.0 Å². The summed E-state index contributed by atoms with van der Waals surface area (Å²) in [4.78, 5) is 0. The van der Waals surface area contributed by atoms with Crippen LogP contribution >= 0.6 is 11.6 Å². The number of aromatic nitrogens is 2. The van der Waals surface area contributed by atoms with Gasteiger partial charge in [0.15, 0.2) is 0 Å². The van der Waals surface area contributed by atoms with Gasteiger partial charge < -0.3 is 4.42 Å². The lowest BCUT2D eigenvalue weighted by molar-refractivity contribution is 0.440. The van der Waals surface area contributed by atoms with Gasteiger partial charge in [-0.1, -0.05) is 19.8 Å². The average molecular weight is 217 g/mol. The average Bonchev–Trinajstić information content (AvgIpc) is 2.63. The fourth-order valence-corrected chi connectivity index (χ4v) is 1.37. The number of hydrogen-bond donors (Lipinski definition) is 0. The molecule has 0 aliphatic carbocycles. The van der Waals surface area contributed by atoms with Crippen LogP contribution in [-0.2, 0) is 12.8 Å². The van der Waals surface area contributed by atoms with Crippen LogP contribution in [0.1, 0.15) is 44.4 Å². The summed E-state index contributed by atoms with van der Waals surface area (Å²) in [5, 5.41) is 7.94. The Morgan fingerprint density at radius 1 is 1.07 bits per heavy atom. The maximum absolute atomic E-state index is 5.57. The zero-order chi connectivity index (χ0) is 10.2. The molecule has 0 aliphatic rings. The first-order valence-electron chi connectivity index (χ1n) is 5.24. The third kappa shape index (κ3) is 4.09. The van der Waals surface area contributed by atoms with Crippen molar-refractivity contribution in [3.63, 3.8) is 0 Å². The number of nitrogens with zero attached hydrogens (tertiary/aromatic N) is 2. The van der Waals surface area contributed by atoms with Gasteiger partial charge in [-0.3, -0.25) is 0 Å². The second-order valence-electron chi connectivity index (χ2n) is 3.34. The van der Waals surface area contributed by atoms with Crippen LogP contribution in [0, 0.1) is 0 Å². The molecule has 14 heavy (non-hydrogen) atoms. The Hall–Kier alpha value is -0.570. The minimum atomic E-state index is 0.646. The predicted octanol–water partition coefficient (Wildman–Crippen LogP) is 2.97. The smallest absolute Gasteiger partial charge is 0.216 e. The van der Waals surface area contributed by atoms with Gasteiger partial charge >= 0.3 is 0 Å². The molecular formula is C10H17ClN2O. The number of aryl methyl sites for hydroxylation is 2. The molecule has 0 radical (unpaired) electrons. The van der Waals surface area contributed by atoms with Crippen LogP contribution in [-0.4, -0.2) is 16.1 Å². The van der Waals surface area contributed by atoms with E-state index in [1.165, 1.54) is 12.8 Å². The molecule has 0 N–H and O–H groups in total. The van der Waals surface area contributed by atoms with E-state index in [1.807, 2.05) is 0 Å². The standard InChI is InChI=1S/C10H17ClN2O/c1-2-3-4-6-9-12-13-10(14-9)7-5-8-11/h2-8H2,1H3. The van der Waals surface area contributed by atoms with Crippen LogP contribution in [0.2, 0.25) is 0 Å². The summed E-state index contributed by atoms with van der Waals surface area (Å²) in [6.45, 7) is 2.18. The molecule has 1 rings (SSSR count). The Balaban J connectivity index is 2.27. The van der Waals surface area contributed by atoms with Crippen LogP contribution in [0.4, 0.5) is 0 Å². The molecule has 1 heterocycles. The lowest BCUT2D eigenvalue weighted by atomic mass is 10.2. The lowest BCUT2D eigenvalue weighted by Crippen LogP contribution is -1.85. The number of unbranched alkanes of at least 4 members (excludes halogenated alkanes) is 2. The largest absolute Gasteiger partial charge is 0.425 e. The Labute approximate surface area is 89.9 Å². The predicted molar refractivity (Wildman–Crippen MR) is 56.6 cm³/mol. The maximum Gasteiger partial charge on any atom is 0.216 e. The molecule has 0 saturated carbocycles. The minimum Gasteiger partial charge on any atom is -0.425 e. The van der Waals surface area contributed by atoms with Crippen molar-refractivity contribution in [3.05, 3.63) is 11.8 Å². The highest BCUT2D eigenvalue weighted by atomic mass is 35.5. The summed E-state index contributed by atoms with van der Waals surface area (Å²) in [5.74, 6) is 2.13. The number of hydrogen-bond acceptors (Lipinski definition) is 3. The molecule has 0 atom stereocenters. The molecule has 0 aromatic carbocycles.